The summed E-state index contributed by atoms with van der Waals surface area (Å²) in [6, 6.07) is 1.05. The lowest BCUT2D eigenvalue weighted by Gasteiger charge is -2.16. The molecule has 0 aliphatic carbocycles. The van der Waals surface area contributed by atoms with Gasteiger partial charge in [-0.15, -0.1) is 0 Å². The molecule has 0 aromatic heterocycles. The Bertz CT molecular complexity index is 479. The Hall–Kier alpha value is -1.56. The third-order valence-corrected chi connectivity index (χ3v) is 2.96. The van der Waals surface area contributed by atoms with Gasteiger partial charge in [-0.3, -0.25) is 4.79 Å². The minimum absolute atomic E-state index is 0.228. The van der Waals surface area contributed by atoms with Gasteiger partial charge < -0.3 is 10.1 Å². The fourth-order valence-corrected chi connectivity index (χ4v) is 1.90. The van der Waals surface area contributed by atoms with Gasteiger partial charge in [0.1, 0.15) is 11.4 Å². The van der Waals surface area contributed by atoms with Crippen molar-refractivity contribution in [3.8, 4) is 0 Å². The van der Waals surface area contributed by atoms with Crippen LogP contribution in [0.4, 0.5) is 13.2 Å². The van der Waals surface area contributed by atoms with E-state index in [1.807, 2.05) is 0 Å². The molecule has 1 aromatic rings. The van der Waals surface area contributed by atoms with Crippen LogP contribution in [0.2, 0.25) is 0 Å². The van der Waals surface area contributed by atoms with Gasteiger partial charge in [-0.2, -0.15) is 0 Å². The zero-order valence-electron chi connectivity index (χ0n) is 9.67. The van der Waals surface area contributed by atoms with E-state index in [1.165, 1.54) is 0 Å². The summed E-state index contributed by atoms with van der Waals surface area (Å²) in [5, 5.41) is 2.44. The molecule has 1 aromatic carbocycles. The maximum Gasteiger partial charge on any atom is 0.257 e. The van der Waals surface area contributed by atoms with Gasteiger partial charge in [0.05, 0.1) is 12.1 Å². The standard InChI is InChI=1S/C12H12F3NO2/c1-6-9(4-5-18-6)16-12(17)10-7(13)2-3-8(14)11(10)15/h2-3,6,9H,4-5H2,1H3,(H,16,17)/t6-,9-/m0/s1. The van der Waals surface area contributed by atoms with E-state index in [2.05, 4.69) is 5.32 Å². The number of carbonyl (C=O) groups excluding carboxylic acids is 1. The average molecular weight is 259 g/mol. The van der Waals surface area contributed by atoms with Crippen molar-refractivity contribution in [1.29, 1.82) is 0 Å². The highest BCUT2D eigenvalue weighted by Crippen LogP contribution is 2.18. The van der Waals surface area contributed by atoms with Gasteiger partial charge in [0, 0.05) is 6.61 Å². The number of nitrogens with one attached hydrogen (secondary N) is 1. The van der Waals surface area contributed by atoms with Crippen LogP contribution in [-0.4, -0.2) is 24.7 Å². The predicted molar refractivity (Wildman–Crippen MR) is 57.6 cm³/mol. The molecule has 3 nitrogen and oxygen atoms in total. The van der Waals surface area contributed by atoms with Crippen LogP contribution in [0.1, 0.15) is 23.7 Å². The van der Waals surface area contributed by atoms with Crippen LogP contribution < -0.4 is 5.32 Å². The maximum atomic E-state index is 13.4. The van der Waals surface area contributed by atoms with Crippen molar-refractivity contribution in [3.05, 3.63) is 35.1 Å². The number of benzene rings is 1. The van der Waals surface area contributed by atoms with Gasteiger partial charge in [-0.25, -0.2) is 13.2 Å². The van der Waals surface area contributed by atoms with E-state index in [0.717, 1.165) is 6.07 Å². The number of hydrogen-bond acceptors (Lipinski definition) is 2. The number of amides is 1. The number of rotatable bonds is 2. The highest BCUT2D eigenvalue weighted by molar-refractivity contribution is 5.95. The Kier molecular flexibility index (Phi) is 3.56. The molecule has 1 heterocycles. The Morgan fingerprint density at radius 2 is 2.00 bits per heavy atom. The van der Waals surface area contributed by atoms with E-state index in [4.69, 9.17) is 4.74 Å². The molecule has 0 unspecified atom stereocenters. The first kappa shape index (κ1) is 12.9. The molecule has 1 aliphatic rings. The fourth-order valence-electron chi connectivity index (χ4n) is 1.90. The summed E-state index contributed by atoms with van der Waals surface area (Å²) < 4.78 is 44.9. The van der Waals surface area contributed by atoms with Crippen LogP contribution in [0.15, 0.2) is 12.1 Å². The van der Waals surface area contributed by atoms with Crippen molar-refractivity contribution < 1.29 is 22.7 Å². The van der Waals surface area contributed by atoms with Crippen LogP contribution in [-0.2, 0) is 4.74 Å². The Morgan fingerprint density at radius 1 is 1.33 bits per heavy atom. The number of hydrogen-bond donors (Lipinski definition) is 1. The second-order valence-corrected chi connectivity index (χ2v) is 4.16. The molecule has 1 N–H and O–H groups in total. The zero-order valence-corrected chi connectivity index (χ0v) is 9.67. The van der Waals surface area contributed by atoms with E-state index in [1.54, 1.807) is 6.92 Å². The topological polar surface area (TPSA) is 38.3 Å². The van der Waals surface area contributed by atoms with E-state index >= 15 is 0 Å². The Balaban J connectivity index is 2.21. The fraction of sp³-hybridized carbons (Fsp3) is 0.417. The van der Waals surface area contributed by atoms with Gasteiger partial charge in [-0.1, -0.05) is 0 Å². The van der Waals surface area contributed by atoms with E-state index in [0.29, 0.717) is 19.1 Å². The zero-order chi connectivity index (χ0) is 13.3. The molecule has 98 valence electrons. The minimum Gasteiger partial charge on any atom is -0.376 e. The van der Waals surface area contributed by atoms with Crippen molar-refractivity contribution >= 4 is 5.91 Å². The van der Waals surface area contributed by atoms with Crippen molar-refractivity contribution in [2.24, 2.45) is 0 Å². The van der Waals surface area contributed by atoms with Crippen LogP contribution in [0.3, 0.4) is 0 Å². The van der Waals surface area contributed by atoms with Crippen LogP contribution in [0, 0.1) is 17.5 Å². The summed E-state index contributed by atoms with van der Waals surface area (Å²) in [4.78, 5) is 11.7. The molecule has 6 heteroatoms. The Labute approximate surface area is 102 Å². The normalized spacial score (nSPS) is 23.1. The number of ether oxygens (including phenoxy) is 1. The molecule has 1 saturated heterocycles. The molecule has 2 atom stereocenters. The van der Waals surface area contributed by atoms with E-state index in [9.17, 15) is 18.0 Å². The summed E-state index contributed by atoms with van der Waals surface area (Å²) in [5.74, 6) is -4.78. The first-order valence-electron chi connectivity index (χ1n) is 5.56. The van der Waals surface area contributed by atoms with E-state index in [-0.39, 0.29) is 12.1 Å². The highest BCUT2D eigenvalue weighted by Gasteiger charge is 2.28. The lowest BCUT2D eigenvalue weighted by Crippen LogP contribution is -2.40. The monoisotopic (exact) mass is 259 g/mol. The number of carbonyl (C=O) groups is 1. The lowest BCUT2D eigenvalue weighted by atomic mass is 10.1. The lowest BCUT2D eigenvalue weighted by molar-refractivity contribution is 0.0858. The van der Waals surface area contributed by atoms with Crippen LogP contribution >= 0.6 is 0 Å². The average Bonchev–Trinajstić information content (AvgIpc) is 2.70. The van der Waals surface area contributed by atoms with Crippen LogP contribution in [0.25, 0.3) is 0 Å². The third-order valence-electron chi connectivity index (χ3n) is 2.96. The van der Waals surface area contributed by atoms with Crippen molar-refractivity contribution in [2.75, 3.05) is 6.61 Å². The van der Waals surface area contributed by atoms with Gasteiger partial charge in [0.15, 0.2) is 11.6 Å². The first-order chi connectivity index (χ1) is 8.50. The smallest absolute Gasteiger partial charge is 0.257 e. The second-order valence-electron chi connectivity index (χ2n) is 4.16. The molecular formula is C12H12F3NO2. The summed E-state index contributed by atoms with van der Waals surface area (Å²) >= 11 is 0. The molecule has 1 amide bonds. The molecule has 0 saturated carbocycles. The molecule has 0 spiro atoms. The second kappa shape index (κ2) is 4.97. The predicted octanol–water partition coefficient (Wildman–Crippen LogP) is 2.01. The first-order valence-corrected chi connectivity index (χ1v) is 5.56. The number of halogens is 3. The molecule has 0 radical (unpaired) electrons. The molecule has 0 bridgehead atoms. The molecule has 2 rings (SSSR count). The molecule has 1 aliphatic heterocycles. The van der Waals surface area contributed by atoms with Crippen molar-refractivity contribution in [3.63, 3.8) is 0 Å². The summed E-state index contributed by atoms with van der Waals surface area (Å²) in [6.07, 6.45) is 0.333. The summed E-state index contributed by atoms with van der Waals surface area (Å²) in [5.41, 5.74) is -0.894. The highest BCUT2D eigenvalue weighted by atomic mass is 19.2. The van der Waals surface area contributed by atoms with Gasteiger partial charge >= 0.3 is 0 Å². The maximum absolute atomic E-state index is 13.4. The largest absolute Gasteiger partial charge is 0.376 e. The quantitative estimate of drug-likeness (QED) is 0.825. The third kappa shape index (κ3) is 2.33. The van der Waals surface area contributed by atoms with Gasteiger partial charge in [0.2, 0.25) is 0 Å². The van der Waals surface area contributed by atoms with E-state index < -0.39 is 28.9 Å². The summed E-state index contributed by atoms with van der Waals surface area (Å²) in [6.45, 7) is 2.22. The SMILES string of the molecule is C[C@@H]1OCC[C@@H]1NC(=O)c1c(F)ccc(F)c1F. The van der Waals surface area contributed by atoms with Gasteiger partial charge in [0.25, 0.3) is 5.91 Å². The van der Waals surface area contributed by atoms with Crippen molar-refractivity contribution in [2.45, 2.75) is 25.5 Å². The van der Waals surface area contributed by atoms with Gasteiger partial charge in [-0.05, 0) is 25.5 Å². The molecule has 1 fully saturated rings. The molecule has 18 heavy (non-hydrogen) atoms. The minimum atomic E-state index is -1.47. The summed E-state index contributed by atoms with van der Waals surface area (Å²) in [7, 11) is 0. The molecular weight excluding hydrogens is 247 g/mol. The van der Waals surface area contributed by atoms with Crippen LogP contribution in [0.5, 0.6) is 0 Å². The Morgan fingerprint density at radius 3 is 2.61 bits per heavy atom. The van der Waals surface area contributed by atoms with Crippen molar-refractivity contribution in [1.82, 2.24) is 5.32 Å².